The minimum absolute atomic E-state index is 0.313. The number of aliphatic carboxylic acids is 1. The fraction of sp³-hybridized carbons (Fsp3) is 0.273. The van der Waals surface area contributed by atoms with Crippen LogP contribution in [0.5, 0.6) is 0 Å². The maximum Gasteiger partial charge on any atom is 0.326 e. The molecule has 1 rings (SSSR count). The summed E-state index contributed by atoms with van der Waals surface area (Å²) < 4.78 is 0.646. The fourth-order valence-corrected chi connectivity index (χ4v) is 1.73. The summed E-state index contributed by atoms with van der Waals surface area (Å²) in [7, 11) is 0. The predicted molar refractivity (Wildman–Crippen MR) is 73.0 cm³/mol. The van der Waals surface area contributed by atoms with Crippen LogP contribution in [0.15, 0.2) is 22.7 Å². The largest absolute Gasteiger partial charge is 0.480 e. The highest BCUT2D eigenvalue weighted by Crippen LogP contribution is 2.25. The average Bonchev–Trinajstić information content (AvgIpc) is 2.30. The number of rotatable bonds is 4. The molecule has 0 aromatic heterocycles. The van der Waals surface area contributed by atoms with E-state index < -0.39 is 18.0 Å². The minimum atomic E-state index is -1.06. The van der Waals surface area contributed by atoms with Gasteiger partial charge in [0.1, 0.15) is 6.04 Å². The van der Waals surface area contributed by atoms with Crippen LogP contribution in [0.1, 0.15) is 13.3 Å². The van der Waals surface area contributed by atoms with Gasteiger partial charge in [0.15, 0.2) is 0 Å². The van der Waals surface area contributed by atoms with Crippen LogP contribution in [-0.4, -0.2) is 23.1 Å². The van der Waals surface area contributed by atoms with Gasteiger partial charge >= 0.3 is 12.0 Å². The molecule has 0 aliphatic heterocycles. The number of hydrogen-bond donors (Lipinski definition) is 3. The van der Waals surface area contributed by atoms with E-state index in [1.807, 2.05) is 0 Å². The predicted octanol–water partition coefficient (Wildman–Crippen LogP) is 3.09. The summed E-state index contributed by atoms with van der Waals surface area (Å²) in [4.78, 5) is 22.3. The van der Waals surface area contributed by atoms with E-state index in [-0.39, 0.29) is 0 Å². The van der Waals surface area contributed by atoms with Gasteiger partial charge in [-0.3, -0.25) is 0 Å². The van der Waals surface area contributed by atoms with Gasteiger partial charge in [0.25, 0.3) is 0 Å². The van der Waals surface area contributed by atoms with Crippen LogP contribution in [0.4, 0.5) is 10.5 Å². The molecular formula is C11H12BrClN2O3. The molecule has 3 N–H and O–H groups in total. The van der Waals surface area contributed by atoms with Crippen molar-refractivity contribution in [2.75, 3.05) is 5.32 Å². The van der Waals surface area contributed by atoms with Gasteiger partial charge in [-0.15, -0.1) is 0 Å². The Hall–Kier alpha value is -1.27. The molecular weight excluding hydrogens is 323 g/mol. The normalized spacial score (nSPS) is 11.7. The van der Waals surface area contributed by atoms with Crippen LogP contribution in [0.3, 0.4) is 0 Å². The van der Waals surface area contributed by atoms with Gasteiger partial charge in [0.2, 0.25) is 0 Å². The molecule has 1 atom stereocenters. The molecule has 0 bridgehead atoms. The SMILES string of the molecule is CCC(NC(=O)Nc1ccc(Cl)c(Br)c1)C(=O)O. The highest BCUT2D eigenvalue weighted by molar-refractivity contribution is 9.10. The number of carbonyl (C=O) groups excluding carboxylic acids is 1. The first kappa shape index (κ1) is 14.8. The zero-order valence-corrected chi connectivity index (χ0v) is 11.9. The number of anilines is 1. The molecule has 2 amide bonds. The molecule has 0 aliphatic carbocycles. The molecule has 0 aliphatic rings. The Labute approximate surface area is 118 Å². The topological polar surface area (TPSA) is 78.4 Å². The molecule has 18 heavy (non-hydrogen) atoms. The molecule has 0 fully saturated rings. The van der Waals surface area contributed by atoms with Crippen LogP contribution < -0.4 is 10.6 Å². The van der Waals surface area contributed by atoms with Gasteiger partial charge in [0, 0.05) is 10.2 Å². The Bertz CT molecular complexity index is 468. The van der Waals surface area contributed by atoms with Crippen molar-refractivity contribution in [1.82, 2.24) is 5.32 Å². The maximum absolute atomic E-state index is 11.5. The quantitative estimate of drug-likeness (QED) is 0.791. The Morgan fingerprint density at radius 2 is 2.17 bits per heavy atom. The van der Waals surface area contributed by atoms with Gasteiger partial charge in [-0.05, 0) is 40.5 Å². The van der Waals surface area contributed by atoms with E-state index in [9.17, 15) is 9.59 Å². The Morgan fingerprint density at radius 1 is 1.50 bits per heavy atom. The summed E-state index contributed by atoms with van der Waals surface area (Å²) in [6, 6.07) is 3.40. The van der Waals surface area contributed by atoms with Gasteiger partial charge in [-0.2, -0.15) is 0 Å². The Balaban J connectivity index is 2.64. The van der Waals surface area contributed by atoms with Crippen LogP contribution in [-0.2, 0) is 4.79 Å². The molecule has 0 radical (unpaired) electrons. The fourth-order valence-electron chi connectivity index (χ4n) is 1.24. The van der Waals surface area contributed by atoms with Crippen molar-refractivity contribution in [3.8, 4) is 0 Å². The number of benzene rings is 1. The second-order valence-electron chi connectivity index (χ2n) is 3.53. The maximum atomic E-state index is 11.5. The van der Waals surface area contributed by atoms with Crippen molar-refractivity contribution < 1.29 is 14.7 Å². The first-order valence-corrected chi connectivity index (χ1v) is 6.36. The lowest BCUT2D eigenvalue weighted by Crippen LogP contribution is -2.42. The van der Waals surface area contributed by atoms with E-state index in [2.05, 4.69) is 26.6 Å². The number of urea groups is 1. The lowest BCUT2D eigenvalue weighted by molar-refractivity contribution is -0.139. The van der Waals surface area contributed by atoms with Crippen LogP contribution in [0.2, 0.25) is 5.02 Å². The van der Waals surface area contributed by atoms with Crippen LogP contribution >= 0.6 is 27.5 Å². The smallest absolute Gasteiger partial charge is 0.326 e. The van der Waals surface area contributed by atoms with Crippen molar-refractivity contribution in [3.05, 3.63) is 27.7 Å². The van der Waals surface area contributed by atoms with Gasteiger partial charge < -0.3 is 15.7 Å². The Kier molecular flexibility index (Phi) is 5.43. The number of carbonyl (C=O) groups is 2. The minimum Gasteiger partial charge on any atom is -0.480 e. The zero-order chi connectivity index (χ0) is 13.7. The Morgan fingerprint density at radius 3 is 2.67 bits per heavy atom. The molecule has 0 heterocycles. The summed E-state index contributed by atoms with van der Waals surface area (Å²) in [5, 5.41) is 14.2. The molecule has 7 heteroatoms. The lowest BCUT2D eigenvalue weighted by Gasteiger charge is -2.13. The number of carboxylic acids is 1. The van der Waals surface area contributed by atoms with Crippen LogP contribution in [0, 0.1) is 0 Å². The van der Waals surface area contributed by atoms with Gasteiger partial charge in [-0.1, -0.05) is 18.5 Å². The molecule has 5 nitrogen and oxygen atoms in total. The van der Waals surface area contributed by atoms with E-state index >= 15 is 0 Å². The zero-order valence-electron chi connectivity index (χ0n) is 9.54. The first-order chi connectivity index (χ1) is 8.43. The summed E-state index contributed by atoms with van der Waals surface area (Å²) in [6.45, 7) is 1.68. The van der Waals surface area contributed by atoms with Crippen molar-refractivity contribution >= 4 is 45.2 Å². The molecule has 1 aromatic rings. The second kappa shape index (κ2) is 6.61. The first-order valence-electron chi connectivity index (χ1n) is 5.19. The molecule has 0 spiro atoms. The number of nitrogens with one attached hydrogen (secondary N) is 2. The lowest BCUT2D eigenvalue weighted by atomic mass is 10.2. The summed E-state index contributed by atoms with van der Waals surface area (Å²) in [5.74, 6) is -1.06. The highest BCUT2D eigenvalue weighted by atomic mass is 79.9. The van der Waals surface area contributed by atoms with E-state index in [0.717, 1.165) is 0 Å². The second-order valence-corrected chi connectivity index (χ2v) is 4.79. The third-order valence-corrected chi connectivity index (χ3v) is 3.40. The molecule has 1 aromatic carbocycles. The van der Waals surface area contributed by atoms with Crippen molar-refractivity contribution in [2.24, 2.45) is 0 Å². The standard InChI is InChI=1S/C11H12BrClN2O3/c1-2-9(10(16)17)15-11(18)14-6-3-4-8(13)7(12)5-6/h3-5,9H,2H2,1H3,(H,16,17)(H2,14,15,18). The van der Waals surface area contributed by atoms with Gasteiger partial charge in [0.05, 0.1) is 5.02 Å². The third-order valence-electron chi connectivity index (χ3n) is 2.19. The molecule has 0 saturated carbocycles. The molecule has 1 unspecified atom stereocenters. The monoisotopic (exact) mass is 334 g/mol. The van der Waals surface area contributed by atoms with Crippen LogP contribution in [0.25, 0.3) is 0 Å². The summed E-state index contributed by atoms with van der Waals surface area (Å²) in [6.07, 6.45) is 0.313. The number of amides is 2. The highest BCUT2D eigenvalue weighted by Gasteiger charge is 2.17. The number of halogens is 2. The van der Waals surface area contributed by atoms with E-state index in [4.69, 9.17) is 16.7 Å². The van der Waals surface area contributed by atoms with E-state index in [1.54, 1.807) is 25.1 Å². The molecule has 98 valence electrons. The number of hydrogen-bond acceptors (Lipinski definition) is 2. The van der Waals surface area contributed by atoms with Crippen molar-refractivity contribution in [3.63, 3.8) is 0 Å². The van der Waals surface area contributed by atoms with Gasteiger partial charge in [-0.25, -0.2) is 9.59 Å². The van der Waals surface area contributed by atoms with Crippen molar-refractivity contribution in [1.29, 1.82) is 0 Å². The third kappa shape index (κ3) is 4.19. The molecule has 0 saturated heterocycles. The number of carboxylic acid groups (broad SMARTS) is 1. The summed E-state index contributed by atoms with van der Waals surface area (Å²) in [5.41, 5.74) is 0.518. The summed E-state index contributed by atoms with van der Waals surface area (Å²) >= 11 is 9.04. The van der Waals surface area contributed by atoms with Crippen molar-refractivity contribution in [2.45, 2.75) is 19.4 Å². The van der Waals surface area contributed by atoms with E-state index in [1.165, 1.54) is 0 Å². The average molecular weight is 336 g/mol. The van der Waals surface area contributed by atoms with E-state index in [0.29, 0.717) is 21.6 Å².